The molecule has 1 aromatic carbocycles. The highest BCUT2D eigenvalue weighted by Crippen LogP contribution is 2.26. The second-order valence-electron chi connectivity index (χ2n) is 5.10. The van der Waals surface area contributed by atoms with Gasteiger partial charge in [-0.05, 0) is 37.3 Å². The summed E-state index contributed by atoms with van der Waals surface area (Å²) in [6.45, 7) is 2.71. The first kappa shape index (κ1) is 17.3. The van der Waals surface area contributed by atoms with Crippen LogP contribution in [0.3, 0.4) is 0 Å². The van der Waals surface area contributed by atoms with E-state index >= 15 is 0 Å². The van der Waals surface area contributed by atoms with Gasteiger partial charge in [-0.25, -0.2) is 4.98 Å². The summed E-state index contributed by atoms with van der Waals surface area (Å²) in [6.07, 6.45) is 3.45. The van der Waals surface area contributed by atoms with Gasteiger partial charge in [0.25, 0.3) is 0 Å². The van der Waals surface area contributed by atoms with Crippen LogP contribution in [0.25, 0.3) is 11.3 Å². The van der Waals surface area contributed by atoms with Crippen LogP contribution in [-0.2, 0) is 0 Å². The van der Waals surface area contributed by atoms with Crippen LogP contribution >= 0.6 is 23.2 Å². The number of nitrogens with zero attached hydrogens (tertiary/aromatic N) is 3. The summed E-state index contributed by atoms with van der Waals surface area (Å²) in [5, 5.41) is 4.21. The second kappa shape index (κ2) is 8.00. The topological polar surface area (TPSA) is 74.8 Å². The number of pyridine rings is 1. The number of halogens is 2. The van der Waals surface area contributed by atoms with Gasteiger partial charge in [0.15, 0.2) is 5.82 Å². The van der Waals surface area contributed by atoms with Crippen molar-refractivity contribution >= 4 is 40.7 Å². The van der Waals surface area contributed by atoms with Gasteiger partial charge in [-0.3, -0.25) is 15.8 Å². The third-order valence-corrected chi connectivity index (χ3v) is 3.84. The van der Waals surface area contributed by atoms with E-state index in [0.29, 0.717) is 27.5 Å². The molecule has 0 aliphatic heterocycles. The van der Waals surface area contributed by atoms with Crippen molar-refractivity contribution in [3.63, 3.8) is 0 Å². The Balaban J connectivity index is 1.86. The number of hydrazine groups is 1. The molecule has 2 heterocycles. The fraction of sp³-hybridized carbons (Fsp3) is 0.118. The first-order valence-electron chi connectivity index (χ1n) is 7.66. The number of benzene rings is 1. The van der Waals surface area contributed by atoms with Crippen LogP contribution < -0.4 is 16.2 Å². The van der Waals surface area contributed by atoms with Crippen molar-refractivity contribution in [2.45, 2.75) is 6.92 Å². The molecule has 3 N–H and O–H groups in total. The SMILES string of the molecule is CCNc1nc(NNc2ccc(Cl)cc2Cl)cc(-c2ccncc2)n1. The number of hydrogen-bond donors (Lipinski definition) is 3. The molecule has 0 amide bonds. The number of hydrogen-bond acceptors (Lipinski definition) is 6. The summed E-state index contributed by atoms with van der Waals surface area (Å²) in [7, 11) is 0. The molecule has 0 saturated carbocycles. The van der Waals surface area contributed by atoms with Crippen molar-refractivity contribution in [2.24, 2.45) is 0 Å². The monoisotopic (exact) mass is 374 g/mol. The molecule has 128 valence electrons. The molecular weight excluding hydrogens is 359 g/mol. The fourth-order valence-electron chi connectivity index (χ4n) is 2.14. The van der Waals surface area contributed by atoms with Crippen LogP contribution in [-0.4, -0.2) is 21.5 Å². The highest BCUT2D eigenvalue weighted by atomic mass is 35.5. The maximum Gasteiger partial charge on any atom is 0.225 e. The lowest BCUT2D eigenvalue weighted by molar-refractivity contribution is 1.08. The Labute approximate surface area is 155 Å². The zero-order valence-corrected chi connectivity index (χ0v) is 14.9. The maximum absolute atomic E-state index is 6.16. The third kappa shape index (κ3) is 4.49. The van der Waals surface area contributed by atoms with Crippen molar-refractivity contribution in [3.8, 4) is 11.3 Å². The minimum Gasteiger partial charge on any atom is -0.354 e. The van der Waals surface area contributed by atoms with Crippen LogP contribution in [0.4, 0.5) is 17.5 Å². The Bertz CT molecular complexity index is 857. The van der Waals surface area contributed by atoms with Gasteiger partial charge in [0.05, 0.1) is 16.4 Å². The lowest BCUT2D eigenvalue weighted by atomic mass is 10.2. The van der Waals surface area contributed by atoms with Gasteiger partial charge in [-0.15, -0.1) is 0 Å². The molecule has 0 bridgehead atoms. The average Bonchev–Trinajstić information content (AvgIpc) is 2.62. The Kier molecular flexibility index (Phi) is 5.53. The molecule has 0 unspecified atom stereocenters. The molecule has 2 aromatic heterocycles. The molecule has 3 rings (SSSR count). The molecular formula is C17H16Cl2N6. The first-order chi connectivity index (χ1) is 12.2. The van der Waals surface area contributed by atoms with Gasteiger partial charge in [0.1, 0.15) is 0 Å². The molecule has 0 spiro atoms. The molecule has 0 saturated heterocycles. The minimum absolute atomic E-state index is 0.510. The molecule has 0 radical (unpaired) electrons. The summed E-state index contributed by atoms with van der Waals surface area (Å²) < 4.78 is 0. The van der Waals surface area contributed by atoms with Crippen molar-refractivity contribution in [3.05, 3.63) is 58.8 Å². The fourth-order valence-corrected chi connectivity index (χ4v) is 2.60. The maximum atomic E-state index is 6.16. The first-order valence-corrected chi connectivity index (χ1v) is 8.41. The van der Waals surface area contributed by atoms with Gasteiger partial charge >= 0.3 is 0 Å². The number of anilines is 3. The Morgan fingerprint density at radius 3 is 2.48 bits per heavy atom. The summed E-state index contributed by atoms with van der Waals surface area (Å²) >= 11 is 12.1. The van der Waals surface area contributed by atoms with Gasteiger partial charge < -0.3 is 5.32 Å². The van der Waals surface area contributed by atoms with E-state index in [-0.39, 0.29) is 0 Å². The van der Waals surface area contributed by atoms with Crippen molar-refractivity contribution in [2.75, 3.05) is 22.7 Å². The summed E-state index contributed by atoms with van der Waals surface area (Å²) in [5.41, 5.74) is 8.50. The third-order valence-electron chi connectivity index (χ3n) is 3.29. The van der Waals surface area contributed by atoms with E-state index < -0.39 is 0 Å². The summed E-state index contributed by atoms with van der Waals surface area (Å²) in [6, 6.07) is 10.8. The number of aromatic nitrogens is 3. The molecule has 6 nitrogen and oxygen atoms in total. The zero-order valence-electron chi connectivity index (χ0n) is 13.4. The normalized spacial score (nSPS) is 10.4. The predicted molar refractivity (Wildman–Crippen MR) is 103 cm³/mol. The highest BCUT2D eigenvalue weighted by Gasteiger charge is 2.07. The van der Waals surface area contributed by atoms with E-state index in [2.05, 4.69) is 31.1 Å². The van der Waals surface area contributed by atoms with Crippen molar-refractivity contribution in [1.82, 2.24) is 15.0 Å². The largest absolute Gasteiger partial charge is 0.354 e. The van der Waals surface area contributed by atoms with Crippen LogP contribution in [0.5, 0.6) is 0 Å². The van der Waals surface area contributed by atoms with Crippen LogP contribution in [0.15, 0.2) is 48.8 Å². The molecule has 0 atom stereocenters. The molecule has 0 aliphatic rings. The van der Waals surface area contributed by atoms with Crippen LogP contribution in [0, 0.1) is 0 Å². The van der Waals surface area contributed by atoms with E-state index in [0.717, 1.165) is 17.8 Å². The molecule has 0 fully saturated rings. The predicted octanol–water partition coefficient (Wildman–Crippen LogP) is 4.72. The minimum atomic E-state index is 0.510. The van der Waals surface area contributed by atoms with Gasteiger partial charge in [0.2, 0.25) is 5.95 Å². The van der Waals surface area contributed by atoms with Gasteiger partial charge in [-0.1, -0.05) is 23.2 Å². The van der Waals surface area contributed by atoms with Crippen LogP contribution in [0.1, 0.15) is 6.92 Å². The molecule has 0 aliphatic carbocycles. The van der Waals surface area contributed by atoms with Crippen molar-refractivity contribution in [1.29, 1.82) is 0 Å². The lowest BCUT2D eigenvalue weighted by Gasteiger charge is -2.13. The zero-order chi connectivity index (χ0) is 17.6. The van der Waals surface area contributed by atoms with E-state index in [9.17, 15) is 0 Å². The Morgan fingerprint density at radius 1 is 0.960 bits per heavy atom. The standard InChI is InChI=1S/C17H16Cl2N6/c1-2-21-17-22-15(11-5-7-20-8-6-11)10-16(23-17)25-24-14-4-3-12(18)9-13(14)19/h3-10,24H,2H2,1H3,(H2,21,22,23,25). The van der Waals surface area contributed by atoms with E-state index in [1.807, 2.05) is 25.1 Å². The highest BCUT2D eigenvalue weighted by molar-refractivity contribution is 6.36. The van der Waals surface area contributed by atoms with E-state index in [4.69, 9.17) is 23.2 Å². The summed E-state index contributed by atoms with van der Waals surface area (Å²) in [5.74, 6) is 1.13. The number of nitrogens with one attached hydrogen (secondary N) is 3. The second-order valence-corrected chi connectivity index (χ2v) is 5.95. The average molecular weight is 375 g/mol. The molecule has 25 heavy (non-hydrogen) atoms. The summed E-state index contributed by atoms with van der Waals surface area (Å²) in [4.78, 5) is 13.0. The Hall–Kier alpha value is -2.57. The molecule has 3 aromatic rings. The van der Waals surface area contributed by atoms with E-state index in [1.54, 1.807) is 30.6 Å². The van der Waals surface area contributed by atoms with Crippen LogP contribution in [0.2, 0.25) is 10.0 Å². The quantitative estimate of drug-likeness (QED) is 0.542. The van der Waals surface area contributed by atoms with Gasteiger partial charge in [0, 0.05) is 35.6 Å². The number of rotatable bonds is 6. The Morgan fingerprint density at radius 2 is 1.76 bits per heavy atom. The van der Waals surface area contributed by atoms with Crippen molar-refractivity contribution < 1.29 is 0 Å². The lowest BCUT2D eigenvalue weighted by Crippen LogP contribution is -2.12. The van der Waals surface area contributed by atoms with Gasteiger partial charge in [-0.2, -0.15) is 4.98 Å². The van der Waals surface area contributed by atoms with E-state index in [1.165, 1.54) is 0 Å². The smallest absolute Gasteiger partial charge is 0.225 e. The molecule has 8 heteroatoms.